The van der Waals surface area contributed by atoms with Crippen LogP contribution in [0.3, 0.4) is 0 Å². The van der Waals surface area contributed by atoms with E-state index in [1.165, 1.54) is 4.57 Å². The minimum Gasteiger partial charge on any atom is -0.302 e. The van der Waals surface area contributed by atoms with E-state index in [0.717, 1.165) is 0 Å². The molecule has 2 aromatic heterocycles. The number of H-pyrrole nitrogens is 1. The molecule has 0 radical (unpaired) electrons. The highest BCUT2D eigenvalue weighted by molar-refractivity contribution is 14.1. The average Bonchev–Trinajstić information content (AvgIpc) is 2.61. The maximum absolute atomic E-state index is 11.8. The molecule has 0 aliphatic rings. The van der Waals surface area contributed by atoms with Crippen molar-refractivity contribution in [2.45, 2.75) is 13.5 Å². The smallest absolute Gasteiger partial charge is 0.302 e. The Bertz CT molecular complexity index is 757. The molecule has 0 unspecified atom stereocenters. The molecule has 0 saturated heterocycles. The van der Waals surface area contributed by atoms with Crippen molar-refractivity contribution in [3.63, 3.8) is 0 Å². The van der Waals surface area contributed by atoms with Gasteiger partial charge < -0.3 is 4.57 Å². The first-order valence-corrected chi connectivity index (χ1v) is 5.88. The molecule has 6 nitrogen and oxygen atoms in total. The van der Waals surface area contributed by atoms with Crippen molar-refractivity contribution in [1.29, 1.82) is 0 Å². The molecule has 0 bridgehead atoms. The van der Waals surface area contributed by atoms with Gasteiger partial charge >= 0.3 is 5.69 Å². The Morgan fingerprint density at radius 3 is 2.82 bits per heavy atom. The first-order chi connectivity index (χ1) is 8.06. The lowest BCUT2D eigenvalue weighted by atomic mass is 10.5. The second-order valence-electron chi connectivity index (χ2n) is 3.38. The Morgan fingerprint density at radius 1 is 1.47 bits per heavy atom. The van der Waals surface area contributed by atoms with Gasteiger partial charge in [0.1, 0.15) is 0 Å². The lowest BCUT2D eigenvalue weighted by Crippen LogP contribution is -2.29. The lowest BCUT2D eigenvalue weighted by Gasteiger charge is -2.00. The number of fused-ring (bicyclic) bond motifs is 1. The van der Waals surface area contributed by atoms with Gasteiger partial charge in [-0.25, -0.2) is 9.78 Å². The van der Waals surface area contributed by atoms with E-state index in [9.17, 15) is 9.59 Å². The molecule has 7 heteroatoms. The van der Waals surface area contributed by atoms with Gasteiger partial charge in [-0.3, -0.25) is 14.3 Å². The zero-order chi connectivity index (χ0) is 12.6. The molecule has 0 fully saturated rings. The third-order valence-corrected chi connectivity index (χ3v) is 3.20. The van der Waals surface area contributed by atoms with Crippen molar-refractivity contribution in [1.82, 2.24) is 19.1 Å². The number of aromatic amines is 1. The number of halogens is 1. The fourth-order valence-corrected chi connectivity index (χ4v) is 2.15. The van der Waals surface area contributed by atoms with Crippen LogP contribution < -0.4 is 11.2 Å². The van der Waals surface area contributed by atoms with Gasteiger partial charge in [-0.15, -0.1) is 5.92 Å². The lowest BCUT2D eigenvalue weighted by molar-refractivity contribution is 0.818. The third kappa shape index (κ3) is 1.88. The van der Waals surface area contributed by atoms with Gasteiger partial charge in [0.2, 0.25) is 0 Å². The van der Waals surface area contributed by atoms with Crippen molar-refractivity contribution in [2.75, 3.05) is 0 Å². The van der Waals surface area contributed by atoms with E-state index in [1.807, 2.05) is 22.6 Å². The molecule has 88 valence electrons. The molecule has 0 saturated carbocycles. The standard InChI is InChI=1S/C10H9IN4O2/c1-3-4-5-15-6-7(12-9(15)11)14(2)10(17)13-8(6)16/h5H2,1-2H3,(H,13,16,17). The molecule has 0 aliphatic carbocycles. The van der Waals surface area contributed by atoms with Crippen LogP contribution in [-0.2, 0) is 13.6 Å². The normalized spacial score (nSPS) is 10.3. The number of hydrogen-bond acceptors (Lipinski definition) is 3. The molecule has 17 heavy (non-hydrogen) atoms. The molecule has 0 aliphatic heterocycles. The largest absolute Gasteiger partial charge is 0.329 e. The molecule has 0 atom stereocenters. The maximum Gasteiger partial charge on any atom is 0.329 e. The van der Waals surface area contributed by atoms with Gasteiger partial charge in [-0.1, -0.05) is 5.92 Å². The van der Waals surface area contributed by atoms with Gasteiger partial charge in [0.25, 0.3) is 5.56 Å². The van der Waals surface area contributed by atoms with Crippen molar-refractivity contribution < 1.29 is 0 Å². The molecule has 2 rings (SSSR count). The molecular weight excluding hydrogens is 335 g/mol. The van der Waals surface area contributed by atoms with Crippen LogP contribution in [0.5, 0.6) is 0 Å². The van der Waals surface area contributed by atoms with E-state index < -0.39 is 11.2 Å². The monoisotopic (exact) mass is 344 g/mol. The van der Waals surface area contributed by atoms with Crippen molar-refractivity contribution in [2.24, 2.45) is 7.05 Å². The van der Waals surface area contributed by atoms with Gasteiger partial charge in [-0.05, 0) is 6.92 Å². The van der Waals surface area contributed by atoms with Crippen LogP contribution in [0.4, 0.5) is 0 Å². The number of hydrogen-bond donors (Lipinski definition) is 1. The summed E-state index contributed by atoms with van der Waals surface area (Å²) in [5.41, 5.74) is -0.151. The molecule has 2 aromatic rings. The van der Waals surface area contributed by atoms with Crippen LogP contribution in [0, 0.1) is 15.7 Å². The van der Waals surface area contributed by atoms with Gasteiger partial charge in [0.05, 0.1) is 6.54 Å². The number of aryl methyl sites for hydroxylation is 1. The van der Waals surface area contributed by atoms with E-state index in [-0.39, 0.29) is 0 Å². The van der Waals surface area contributed by atoms with Gasteiger partial charge in [0.15, 0.2) is 15.0 Å². The van der Waals surface area contributed by atoms with E-state index in [0.29, 0.717) is 21.5 Å². The predicted octanol–water partition coefficient (Wildman–Crippen LogP) is 0.0512. The second-order valence-corrected chi connectivity index (χ2v) is 4.35. The van der Waals surface area contributed by atoms with Gasteiger partial charge in [0, 0.05) is 29.6 Å². The Hall–Kier alpha value is -1.56. The Kier molecular flexibility index (Phi) is 3.06. The fourth-order valence-electron chi connectivity index (χ4n) is 1.51. The zero-order valence-corrected chi connectivity index (χ0v) is 11.4. The zero-order valence-electron chi connectivity index (χ0n) is 9.24. The highest BCUT2D eigenvalue weighted by Gasteiger charge is 2.14. The summed E-state index contributed by atoms with van der Waals surface area (Å²) in [7, 11) is 1.57. The first kappa shape index (κ1) is 11.9. The van der Waals surface area contributed by atoms with E-state index in [2.05, 4.69) is 21.8 Å². The van der Waals surface area contributed by atoms with Gasteiger partial charge in [-0.2, -0.15) is 0 Å². The van der Waals surface area contributed by atoms with E-state index in [4.69, 9.17) is 0 Å². The molecule has 1 N–H and O–H groups in total. The SMILES string of the molecule is CC#CCn1c(I)nc2c1c(=O)[nH]c(=O)n2C. The Balaban J connectivity index is 2.90. The summed E-state index contributed by atoms with van der Waals surface area (Å²) in [6.07, 6.45) is 0. The number of nitrogens with one attached hydrogen (secondary N) is 1. The van der Waals surface area contributed by atoms with Crippen LogP contribution in [0.25, 0.3) is 11.2 Å². The summed E-state index contributed by atoms with van der Waals surface area (Å²) < 4.78 is 3.63. The van der Waals surface area contributed by atoms with Crippen LogP contribution >= 0.6 is 22.6 Å². The summed E-state index contributed by atoms with van der Waals surface area (Å²) in [5, 5.41) is 0. The third-order valence-electron chi connectivity index (χ3n) is 2.37. The number of imidazole rings is 1. The molecular formula is C10H9IN4O2. The predicted molar refractivity (Wildman–Crippen MR) is 71.8 cm³/mol. The number of aromatic nitrogens is 4. The maximum atomic E-state index is 11.8. The first-order valence-electron chi connectivity index (χ1n) is 4.81. The molecule has 0 aromatic carbocycles. The van der Waals surface area contributed by atoms with E-state index in [1.54, 1.807) is 18.5 Å². The average molecular weight is 344 g/mol. The minimum atomic E-state index is -0.467. The highest BCUT2D eigenvalue weighted by Crippen LogP contribution is 2.11. The number of nitrogens with zero attached hydrogens (tertiary/aromatic N) is 3. The molecule has 0 spiro atoms. The Labute approximate surface area is 110 Å². The summed E-state index contributed by atoms with van der Waals surface area (Å²) in [6.45, 7) is 2.11. The van der Waals surface area contributed by atoms with E-state index >= 15 is 0 Å². The summed E-state index contributed by atoms with van der Waals surface area (Å²) in [4.78, 5) is 29.6. The minimum absolute atomic E-state index is 0.374. The van der Waals surface area contributed by atoms with Crippen LogP contribution in [0.2, 0.25) is 0 Å². The summed E-state index contributed by atoms with van der Waals surface area (Å²) in [5.74, 6) is 5.63. The summed E-state index contributed by atoms with van der Waals surface area (Å²) in [6, 6.07) is 0. The van der Waals surface area contributed by atoms with Crippen molar-refractivity contribution >= 4 is 33.8 Å². The van der Waals surface area contributed by atoms with Crippen LogP contribution in [-0.4, -0.2) is 19.1 Å². The quantitative estimate of drug-likeness (QED) is 0.452. The summed E-state index contributed by atoms with van der Waals surface area (Å²) >= 11 is 2.01. The Morgan fingerprint density at radius 2 is 2.18 bits per heavy atom. The highest BCUT2D eigenvalue weighted by atomic mass is 127. The van der Waals surface area contributed by atoms with Crippen molar-refractivity contribution in [3.05, 3.63) is 24.7 Å². The number of rotatable bonds is 1. The molecule has 0 amide bonds. The topological polar surface area (TPSA) is 72.7 Å². The van der Waals surface area contributed by atoms with Crippen LogP contribution in [0.15, 0.2) is 9.59 Å². The molecule has 2 heterocycles. The van der Waals surface area contributed by atoms with Crippen LogP contribution in [0.1, 0.15) is 6.92 Å². The van der Waals surface area contributed by atoms with Crippen molar-refractivity contribution in [3.8, 4) is 11.8 Å². The fraction of sp³-hybridized carbons (Fsp3) is 0.300. The second kappa shape index (κ2) is 4.37.